The summed E-state index contributed by atoms with van der Waals surface area (Å²) in [6.07, 6.45) is 5.34. The summed E-state index contributed by atoms with van der Waals surface area (Å²) in [6, 6.07) is 13.8. The second kappa shape index (κ2) is 8.90. The molecule has 2 N–H and O–H groups in total. The van der Waals surface area contributed by atoms with Crippen LogP contribution in [-0.2, 0) is 0 Å². The van der Waals surface area contributed by atoms with Crippen molar-refractivity contribution in [1.29, 1.82) is 0 Å². The number of hydrogen-bond donors (Lipinski definition) is 2. The van der Waals surface area contributed by atoms with E-state index in [1.165, 1.54) is 11.1 Å². The molecule has 3 unspecified atom stereocenters. The molecule has 1 saturated heterocycles. The lowest BCUT2D eigenvalue weighted by atomic mass is 10.0. The maximum absolute atomic E-state index is 12.5. The molecule has 0 bridgehead atoms. The smallest absolute Gasteiger partial charge is 0.267 e. The SMILES string of the molecule is Cc1cc(NCC2CCCCN2c2ccc(=O)n(C3CCCC3O)n2)c2ccccc2n1. The molecule has 168 valence electrons. The molecule has 1 aliphatic carbocycles. The van der Waals surface area contributed by atoms with Crippen LogP contribution >= 0.6 is 0 Å². The third-order valence-electron chi connectivity index (χ3n) is 6.86. The second-order valence-corrected chi connectivity index (χ2v) is 9.09. The van der Waals surface area contributed by atoms with Crippen molar-refractivity contribution in [3.05, 3.63) is 58.5 Å². The summed E-state index contributed by atoms with van der Waals surface area (Å²) in [4.78, 5) is 19.5. The Labute approximate surface area is 188 Å². The zero-order valence-electron chi connectivity index (χ0n) is 18.6. The Kier molecular flexibility index (Phi) is 5.83. The third kappa shape index (κ3) is 4.09. The molecule has 0 amide bonds. The van der Waals surface area contributed by atoms with E-state index in [1.807, 2.05) is 31.2 Å². The van der Waals surface area contributed by atoms with Crippen LogP contribution in [0.2, 0.25) is 0 Å². The summed E-state index contributed by atoms with van der Waals surface area (Å²) in [5.74, 6) is 0.825. The first-order chi connectivity index (χ1) is 15.6. The Morgan fingerprint density at radius 1 is 1.09 bits per heavy atom. The quantitative estimate of drug-likeness (QED) is 0.639. The van der Waals surface area contributed by atoms with Crippen molar-refractivity contribution in [2.24, 2.45) is 0 Å². The Bertz CT molecular complexity index is 1160. The fourth-order valence-electron chi connectivity index (χ4n) is 5.21. The number of nitrogens with one attached hydrogen (secondary N) is 1. The number of rotatable bonds is 5. The zero-order chi connectivity index (χ0) is 22.1. The highest BCUT2D eigenvalue weighted by Gasteiger charge is 2.30. The largest absolute Gasteiger partial charge is 0.391 e. The lowest BCUT2D eigenvalue weighted by Crippen LogP contribution is -2.45. The highest BCUT2D eigenvalue weighted by atomic mass is 16.3. The normalized spacial score (nSPS) is 23.6. The molecule has 3 heterocycles. The molecule has 2 fully saturated rings. The van der Waals surface area contributed by atoms with E-state index in [0.29, 0.717) is 0 Å². The minimum Gasteiger partial charge on any atom is -0.391 e. The lowest BCUT2D eigenvalue weighted by molar-refractivity contribution is 0.127. The fraction of sp³-hybridized carbons (Fsp3) is 0.480. The molecule has 3 atom stereocenters. The molecule has 7 nitrogen and oxygen atoms in total. The predicted octanol–water partition coefficient (Wildman–Crippen LogP) is 3.66. The van der Waals surface area contributed by atoms with Gasteiger partial charge >= 0.3 is 0 Å². The summed E-state index contributed by atoms with van der Waals surface area (Å²) in [6.45, 7) is 3.73. The maximum atomic E-state index is 12.5. The number of anilines is 2. The Morgan fingerprint density at radius 3 is 2.81 bits per heavy atom. The van der Waals surface area contributed by atoms with Gasteiger partial charge in [0.25, 0.3) is 5.56 Å². The highest BCUT2D eigenvalue weighted by Crippen LogP contribution is 2.30. The van der Waals surface area contributed by atoms with Crippen LogP contribution in [0.3, 0.4) is 0 Å². The number of fused-ring (bicyclic) bond motifs is 1. The summed E-state index contributed by atoms with van der Waals surface area (Å²) < 4.78 is 1.52. The number of aliphatic hydroxyl groups is 1. The van der Waals surface area contributed by atoms with E-state index in [2.05, 4.69) is 27.3 Å². The van der Waals surface area contributed by atoms with E-state index >= 15 is 0 Å². The number of pyridine rings is 1. The first-order valence-corrected chi connectivity index (χ1v) is 11.7. The fourth-order valence-corrected chi connectivity index (χ4v) is 5.21. The van der Waals surface area contributed by atoms with Gasteiger partial charge in [0.15, 0.2) is 0 Å². The van der Waals surface area contributed by atoms with Gasteiger partial charge in [-0.05, 0) is 63.6 Å². The Hall–Kier alpha value is -2.93. The van der Waals surface area contributed by atoms with Crippen molar-refractivity contribution in [1.82, 2.24) is 14.8 Å². The van der Waals surface area contributed by atoms with Crippen molar-refractivity contribution in [3.63, 3.8) is 0 Å². The topological polar surface area (TPSA) is 83.3 Å². The maximum Gasteiger partial charge on any atom is 0.267 e. The number of aryl methyl sites for hydroxylation is 1. The number of benzene rings is 1. The van der Waals surface area contributed by atoms with Crippen LogP contribution in [0.15, 0.2) is 47.3 Å². The average molecular weight is 434 g/mol. The van der Waals surface area contributed by atoms with Gasteiger partial charge in [-0.2, -0.15) is 5.10 Å². The van der Waals surface area contributed by atoms with Crippen molar-refractivity contribution in [2.75, 3.05) is 23.3 Å². The molecular weight excluding hydrogens is 402 g/mol. The number of aromatic nitrogens is 3. The first-order valence-electron chi connectivity index (χ1n) is 11.7. The van der Waals surface area contributed by atoms with E-state index in [9.17, 15) is 9.90 Å². The molecule has 2 aromatic heterocycles. The monoisotopic (exact) mass is 433 g/mol. The van der Waals surface area contributed by atoms with Crippen LogP contribution in [0.25, 0.3) is 10.9 Å². The van der Waals surface area contributed by atoms with Crippen LogP contribution in [0, 0.1) is 6.92 Å². The van der Waals surface area contributed by atoms with Crippen molar-refractivity contribution >= 4 is 22.4 Å². The standard InChI is InChI=1S/C25H31N5O2/c1-17-15-21(19-8-2-3-9-20(19)27-17)26-16-18-7-4-5-14-29(18)24-12-13-25(32)30(28-24)22-10-6-11-23(22)31/h2-3,8-9,12-13,15,18,22-23,31H,4-7,10-11,14,16H2,1H3,(H,26,27). The van der Waals surface area contributed by atoms with Crippen molar-refractivity contribution in [2.45, 2.75) is 63.6 Å². The van der Waals surface area contributed by atoms with Gasteiger partial charge in [0.05, 0.1) is 17.7 Å². The van der Waals surface area contributed by atoms with Gasteiger partial charge < -0.3 is 15.3 Å². The minimum atomic E-state index is -0.488. The molecule has 3 aromatic rings. The van der Waals surface area contributed by atoms with Crippen LogP contribution in [0.4, 0.5) is 11.5 Å². The lowest BCUT2D eigenvalue weighted by Gasteiger charge is -2.37. The van der Waals surface area contributed by atoms with Crippen molar-refractivity contribution in [3.8, 4) is 0 Å². The number of aliphatic hydroxyl groups excluding tert-OH is 1. The van der Waals surface area contributed by atoms with Crippen LogP contribution in [-0.4, -0.2) is 45.1 Å². The Morgan fingerprint density at radius 2 is 1.97 bits per heavy atom. The number of piperidine rings is 1. The number of nitrogens with zero attached hydrogens (tertiary/aromatic N) is 4. The molecular formula is C25H31N5O2. The van der Waals surface area contributed by atoms with Crippen LogP contribution in [0.1, 0.15) is 50.3 Å². The molecule has 1 saturated carbocycles. The van der Waals surface area contributed by atoms with Gasteiger partial charge in [-0.15, -0.1) is 0 Å². The first kappa shape index (κ1) is 20.9. The zero-order valence-corrected chi connectivity index (χ0v) is 18.6. The van der Waals surface area contributed by atoms with Gasteiger partial charge in [0.1, 0.15) is 5.82 Å². The second-order valence-electron chi connectivity index (χ2n) is 9.09. The summed E-state index contributed by atoms with van der Waals surface area (Å²) >= 11 is 0. The van der Waals surface area contributed by atoms with Crippen LogP contribution < -0.4 is 15.8 Å². The molecule has 1 aromatic carbocycles. The molecule has 32 heavy (non-hydrogen) atoms. The summed E-state index contributed by atoms with van der Waals surface area (Å²) in [5.41, 5.74) is 2.96. The van der Waals surface area contributed by atoms with Gasteiger partial charge in [0.2, 0.25) is 0 Å². The van der Waals surface area contributed by atoms with Gasteiger partial charge in [-0.25, -0.2) is 4.68 Å². The molecule has 5 rings (SSSR count). The van der Waals surface area contributed by atoms with E-state index < -0.39 is 6.10 Å². The average Bonchev–Trinajstić information content (AvgIpc) is 3.23. The number of hydrogen-bond acceptors (Lipinski definition) is 6. The molecule has 0 radical (unpaired) electrons. The van der Waals surface area contributed by atoms with Crippen molar-refractivity contribution < 1.29 is 5.11 Å². The molecule has 2 aliphatic rings. The van der Waals surface area contributed by atoms with E-state index in [4.69, 9.17) is 5.10 Å². The van der Waals surface area contributed by atoms with E-state index in [1.54, 1.807) is 6.07 Å². The van der Waals surface area contributed by atoms with E-state index in [0.717, 1.165) is 73.3 Å². The molecule has 1 aliphatic heterocycles. The summed E-state index contributed by atoms with van der Waals surface area (Å²) in [5, 5.41) is 19.8. The third-order valence-corrected chi connectivity index (χ3v) is 6.86. The summed E-state index contributed by atoms with van der Waals surface area (Å²) in [7, 11) is 0. The highest BCUT2D eigenvalue weighted by molar-refractivity contribution is 5.91. The van der Waals surface area contributed by atoms with Gasteiger partial charge in [-0.3, -0.25) is 9.78 Å². The molecule has 0 spiro atoms. The van der Waals surface area contributed by atoms with Gasteiger partial charge in [-0.1, -0.05) is 18.2 Å². The van der Waals surface area contributed by atoms with Gasteiger partial charge in [0, 0.05) is 42.0 Å². The molecule has 7 heteroatoms. The minimum absolute atomic E-state index is 0.134. The number of para-hydroxylation sites is 1. The predicted molar refractivity (Wildman–Crippen MR) is 127 cm³/mol. The Balaban J connectivity index is 1.39. The van der Waals surface area contributed by atoms with E-state index in [-0.39, 0.29) is 17.6 Å². The van der Waals surface area contributed by atoms with Crippen LogP contribution in [0.5, 0.6) is 0 Å².